The van der Waals surface area contributed by atoms with E-state index in [4.69, 9.17) is 14.2 Å². The molecule has 4 aliphatic heterocycles. The minimum Gasteiger partial charge on any atom is -0.375 e. The normalized spacial score (nSPS) is 57.5. The summed E-state index contributed by atoms with van der Waals surface area (Å²) in [6, 6.07) is 0. The Morgan fingerprint density at radius 2 is 1.58 bits per heavy atom. The molecule has 3 nitrogen and oxygen atoms in total. The summed E-state index contributed by atoms with van der Waals surface area (Å²) in [5.74, 6) is 2.42. The molecule has 108 valence electrons. The van der Waals surface area contributed by atoms with Gasteiger partial charge in [0.2, 0.25) is 0 Å². The van der Waals surface area contributed by atoms with Crippen molar-refractivity contribution in [2.75, 3.05) is 6.61 Å². The van der Waals surface area contributed by atoms with Gasteiger partial charge < -0.3 is 14.2 Å². The fourth-order valence-electron chi connectivity index (χ4n) is 5.54. The fourth-order valence-corrected chi connectivity index (χ4v) is 5.54. The van der Waals surface area contributed by atoms with Gasteiger partial charge in [0.05, 0.1) is 36.6 Å². The van der Waals surface area contributed by atoms with Crippen molar-refractivity contribution in [3.63, 3.8) is 0 Å². The molecule has 0 aromatic rings. The standard InChI is InChI=1S/C16H26O3/c1-5-9-11-12(10(6-2)18-9)15-13-8(14(11)19-15)7-17-16(13,3)4/h8-15H,5-7H2,1-4H3. The molecule has 4 aliphatic rings. The minimum atomic E-state index is -0.0162. The van der Waals surface area contributed by atoms with Crippen molar-refractivity contribution in [3.8, 4) is 0 Å². The third kappa shape index (κ3) is 1.44. The Labute approximate surface area is 116 Å². The first-order valence-corrected chi connectivity index (χ1v) is 8.03. The van der Waals surface area contributed by atoms with E-state index in [1.54, 1.807) is 0 Å². The van der Waals surface area contributed by atoms with Gasteiger partial charge in [-0.15, -0.1) is 0 Å². The van der Waals surface area contributed by atoms with Crippen molar-refractivity contribution >= 4 is 0 Å². The fraction of sp³-hybridized carbons (Fsp3) is 1.00. The molecular formula is C16H26O3. The molecule has 2 bridgehead atoms. The van der Waals surface area contributed by atoms with Gasteiger partial charge in [0.15, 0.2) is 0 Å². The Kier molecular flexibility index (Phi) is 2.63. The first-order chi connectivity index (χ1) is 9.08. The SMILES string of the molecule is CCC1OC(CC)C2C3OC(C4COC(C)(C)C43)C12. The highest BCUT2D eigenvalue weighted by atomic mass is 16.6. The Morgan fingerprint density at radius 3 is 2.21 bits per heavy atom. The van der Waals surface area contributed by atoms with E-state index in [-0.39, 0.29) is 5.60 Å². The van der Waals surface area contributed by atoms with Crippen molar-refractivity contribution in [2.24, 2.45) is 23.7 Å². The molecule has 0 aromatic heterocycles. The van der Waals surface area contributed by atoms with Crippen molar-refractivity contribution < 1.29 is 14.2 Å². The van der Waals surface area contributed by atoms with Crippen LogP contribution in [0.3, 0.4) is 0 Å². The number of rotatable bonds is 2. The summed E-state index contributed by atoms with van der Waals surface area (Å²) in [5.41, 5.74) is -0.0162. The zero-order valence-corrected chi connectivity index (χ0v) is 12.5. The van der Waals surface area contributed by atoms with Crippen LogP contribution in [-0.4, -0.2) is 36.6 Å². The summed E-state index contributed by atoms with van der Waals surface area (Å²) in [4.78, 5) is 0. The summed E-state index contributed by atoms with van der Waals surface area (Å²) in [6.45, 7) is 9.86. The van der Waals surface area contributed by atoms with E-state index in [2.05, 4.69) is 27.7 Å². The maximum atomic E-state index is 6.45. The molecule has 4 heterocycles. The Morgan fingerprint density at radius 1 is 0.947 bits per heavy atom. The number of hydrogen-bond acceptors (Lipinski definition) is 3. The molecule has 19 heavy (non-hydrogen) atoms. The predicted octanol–water partition coefficient (Wildman–Crippen LogP) is 2.63. The summed E-state index contributed by atoms with van der Waals surface area (Å²) in [6.07, 6.45) is 3.81. The first-order valence-electron chi connectivity index (χ1n) is 8.03. The van der Waals surface area contributed by atoms with Crippen molar-refractivity contribution in [2.45, 2.75) is 70.6 Å². The van der Waals surface area contributed by atoms with E-state index < -0.39 is 0 Å². The molecule has 0 radical (unpaired) electrons. The number of fused-ring (bicyclic) bond motifs is 8. The van der Waals surface area contributed by atoms with Crippen LogP contribution in [-0.2, 0) is 14.2 Å². The lowest BCUT2D eigenvalue weighted by atomic mass is 9.63. The molecule has 4 fully saturated rings. The molecule has 0 amide bonds. The van der Waals surface area contributed by atoms with Gasteiger partial charge in [0, 0.05) is 23.7 Å². The lowest BCUT2D eigenvalue weighted by Crippen LogP contribution is -2.46. The molecule has 8 atom stereocenters. The highest BCUT2D eigenvalue weighted by Gasteiger charge is 2.70. The van der Waals surface area contributed by atoms with Crippen LogP contribution in [0.15, 0.2) is 0 Å². The van der Waals surface area contributed by atoms with Gasteiger partial charge in [-0.3, -0.25) is 0 Å². The molecule has 8 unspecified atom stereocenters. The van der Waals surface area contributed by atoms with Crippen LogP contribution in [0.2, 0.25) is 0 Å². The smallest absolute Gasteiger partial charge is 0.0696 e. The zero-order valence-electron chi connectivity index (χ0n) is 12.5. The molecular weight excluding hydrogens is 240 g/mol. The van der Waals surface area contributed by atoms with Crippen LogP contribution in [0.1, 0.15) is 40.5 Å². The average molecular weight is 266 g/mol. The number of hydrogen-bond donors (Lipinski definition) is 0. The maximum Gasteiger partial charge on any atom is 0.0696 e. The Bertz CT molecular complexity index is 380. The second-order valence-electron chi connectivity index (χ2n) is 7.35. The Hall–Kier alpha value is -0.120. The monoisotopic (exact) mass is 266 g/mol. The van der Waals surface area contributed by atoms with Crippen molar-refractivity contribution in [1.29, 1.82) is 0 Å². The summed E-state index contributed by atoms with van der Waals surface area (Å²) in [7, 11) is 0. The van der Waals surface area contributed by atoms with Gasteiger partial charge in [-0.1, -0.05) is 13.8 Å². The van der Waals surface area contributed by atoms with Gasteiger partial charge >= 0.3 is 0 Å². The third-order valence-corrected chi connectivity index (χ3v) is 6.22. The first kappa shape index (κ1) is 12.6. The van der Waals surface area contributed by atoms with E-state index in [9.17, 15) is 0 Å². The van der Waals surface area contributed by atoms with Crippen molar-refractivity contribution in [1.82, 2.24) is 0 Å². The van der Waals surface area contributed by atoms with E-state index in [0.717, 1.165) is 19.4 Å². The van der Waals surface area contributed by atoms with E-state index in [1.807, 2.05) is 0 Å². The number of ether oxygens (including phenoxy) is 3. The molecule has 4 rings (SSSR count). The van der Waals surface area contributed by atoms with Crippen LogP contribution in [0, 0.1) is 23.7 Å². The quantitative estimate of drug-likeness (QED) is 0.769. The molecule has 0 aromatic carbocycles. The second kappa shape index (κ2) is 3.96. The van der Waals surface area contributed by atoms with Crippen LogP contribution >= 0.6 is 0 Å². The lowest BCUT2D eigenvalue weighted by molar-refractivity contribution is -0.0725. The van der Waals surface area contributed by atoms with Crippen LogP contribution in [0.4, 0.5) is 0 Å². The van der Waals surface area contributed by atoms with Gasteiger partial charge in [-0.05, 0) is 26.7 Å². The highest BCUT2D eigenvalue weighted by molar-refractivity contribution is 5.16. The largest absolute Gasteiger partial charge is 0.375 e. The van der Waals surface area contributed by atoms with Gasteiger partial charge in [0.1, 0.15) is 0 Å². The van der Waals surface area contributed by atoms with Crippen LogP contribution in [0.25, 0.3) is 0 Å². The lowest BCUT2D eigenvalue weighted by Gasteiger charge is -2.36. The third-order valence-electron chi connectivity index (χ3n) is 6.22. The molecule has 4 saturated heterocycles. The predicted molar refractivity (Wildman–Crippen MR) is 71.9 cm³/mol. The van der Waals surface area contributed by atoms with Crippen molar-refractivity contribution in [3.05, 3.63) is 0 Å². The van der Waals surface area contributed by atoms with E-state index in [0.29, 0.717) is 48.1 Å². The zero-order chi connectivity index (χ0) is 13.4. The van der Waals surface area contributed by atoms with E-state index >= 15 is 0 Å². The van der Waals surface area contributed by atoms with E-state index in [1.165, 1.54) is 0 Å². The topological polar surface area (TPSA) is 27.7 Å². The molecule has 0 spiro atoms. The second-order valence-corrected chi connectivity index (χ2v) is 7.35. The van der Waals surface area contributed by atoms with Gasteiger partial charge in [-0.2, -0.15) is 0 Å². The van der Waals surface area contributed by atoms with Crippen LogP contribution in [0.5, 0.6) is 0 Å². The summed E-state index contributed by atoms with van der Waals surface area (Å²) < 4.78 is 18.8. The minimum absolute atomic E-state index is 0.0162. The highest BCUT2D eigenvalue weighted by Crippen LogP contribution is 2.62. The molecule has 0 N–H and O–H groups in total. The average Bonchev–Trinajstić information content (AvgIpc) is 3.07. The molecule has 0 saturated carbocycles. The molecule has 3 heteroatoms. The molecule has 0 aliphatic carbocycles. The summed E-state index contributed by atoms with van der Waals surface area (Å²) in [5, 5.41) is 0. The maximum absolute atomic E-state index is 6.45. The van der Waals surface area contributed by atoms with Gasteiger partial charge in [0.25, 0.3) is 0 Å². The Balaban J connectivity index is 1.69. The summed E-state index contributed by atoms with van der Waals surface area (Å²) >= 11 is 0. The van der Waals surface area contributed by atoms with Crippen LogP contribution < -0.4 is 0 Å². The van der Waals surface area contributed by atoms with Gasteiger partial charge in [-0.25, -0.2) is 0 Å².